The maximum atomic E-state index is 9.39. The first-order chi connectivity index (χ1) is 13.0. The third-order valence-electron chi connectivity index (χ3n) is 4.66. The van der Waals surface area contributed by atoms with Gasteiger partial charge in [0.05, 0.1) is 30.9 Å². The van der Waals surface area contributed by atoms with E-state index in [0.717, 1.165) is 18.4 Å². The van der Waals surface area contributed by atoms with Gasteiger partial charge in [-0.05, 0) is 55.9 Å². The van der Waals surface area contributed by atoms with E-state index in [0.29, 0.717) is 30.8 Å². The second-order valence-electron chi connectivity index (χ2n) is 7.06. The van der Waals surface area contributed by atoms with Gasteiger partial charge in [-0.25, -0.2) is 0 Å². The number of nitriles is 1. The van der Waals surface area contributed by atoms with Crippen molar-refractivity contribution >= 4 is 0 Å². The topological polar surface area (TPSA) is 99.5 Å². The minimum atomic E-state index is -1.00. The number of ether oxygens (including phenoxy) is 1. The lowest BCUT2D eigenvalue weighted by molar-refractivity contribution is 0.115. The Bertz CT molecular complexity index is 779. The van der Waals surface area contributed by atoms with E-state index in [1.165, 1.54) is 11.1 Å². The number of nitrogens with two attached hydrogens (primary N) is 1. The van der Waals surface area contributed by atoms with E-state index in [-0.39, 0.29) is 13.2 Å². The second-order valence-corrected chi connectivity index (χ2v) is 7.06. The normalized spacial score (nSPS) is 11.2. The van der Waals surface area contributed by atoms with Gasteiger partial charge in [-0.15, -0.1) is 0 Å². The number of hydrogen-bond acceptors (Lipinski definition) is 5. The number of nitrogens with zero attached hydrogens (tertiary/aromatic N) is 1. The summed E-state index contributed by atoms with van der Waals surface area (Å²) in [5.41, 5.74) is 8.84. The average Bonchev–Trinajstić information content (AvgIpc) is 2.70. The molecule has 0 aliphatic carbocycles. The highest BCUT2D eigenvalue weighted by molar-refractivity contribution is 5.45. The molecule has 27 heavy (non-hydrogen) atoms. The minimum absolute atomic E-state index is 0.281. The van der Waals surface area contributed by atoms with E-state index in [4.69, 9.17) is 10.5 Å². The summed E-state index contributed by atoms with van der Waals surface area (Å²) in [6.07, 6.45) is 2.81. The number of aliphatic hydroxyl groups is 2. The molecule has 0 heterocycles. The molecule has 0 bridgehead atoms. The Balaban J connectivity index is 1.89. The molecule has 0 atom stereocenters. The van der Waals surface area contributed by atoms with E-state index in [1.807, 2.05) is 6.07 Å². The first-order valence-corrected chi connectivity index (χ1v) is 9.21. The van der Waals surface area contributed by atoms with Crippen molar-refractivity contribution in [1.82, 2.24) is 0 Å². The highest BCUT2D eigenvalue weighted by Crippen LogP contribution is 2.22. The van der Waals surface area contributed by atoms with Crippen molar-refractivity contribution in [3.63, 3.8) is 0 Å². The summed E-state index contributed by atoms with van der Waals surface area (Å²) in [5, 5.41) is 27.9. The van der Waals surface area contributed by atoms with Crippen molar-refractivity contribution < 1.29 is 14.9 Å². The molecule has 2 aromatic rings. The van der Waals surface area contributed by atoms with Crippen molar-refractivity contribution in [2.75, 3.05) is 19.8 Å². The Kier molecular flexibility index (Phi) is 7.81. The second kappa shape index (κ2) is 10.1. The van der Waals surface area contributed by atoms with Gasteiger partial charge in [0, 0.05) is 0 Å². The third-order valence-corrected chi connectivity index (χ3v) is 4.66. The monoisotopic (exact) mass is 368 g/mol. The molecule has 0 aromatic heterocycles. The summed E-state index contributed by atoms with van der Waals surface area (Å²) in [6.45, 7) is 2.06. The third kappa shape index (κ3) is 6.37. The molecule has 0 aliphatic rings. The van der Waals surface area contributed by atoms with Crippen molar-refractivity contribution in [1.29, 1.82) is 5.26 Å². The SMILES string of the molecule is Cc1cccc(CCCOc2ccc(CCC(N)(CO)CO)cc2C#N)c1. The van der Waals surface area contributed by atoms with Crippen LogP contribution in [-0.2, 0) is 12.8 Å². The highest BCUT2D eigenvalue weighted by atomic mass is 16.5. The van der Waals surface area contributed by atoms with Gasteiger partial charge < -0.3 is 20.7 Å². The van der Waals surface area contributed by atoms with Gasteiger partial charge in [-0.2, -0.15) is 5.26 Å². The van der Waals surface area contributed by atoms with Crippen LogP contribution in [-0.4, -0.2) is 35.6 Å². The number of aryl methyl sites for hydroxylation is 3. The standard InChI is InChI=1S/C22H28N2O3/c1-17-4-2-5-18(12-17)6-3-11-27-21-8-7-19(13-20(21)14-23)9-10-22(24,15-25)16-26/h2,4-5,7-8,12-13,25-26H,3,6,9-11,15-16,24H2,1H3. The largest absolute Gasteiger partial charge is 0.492 e. The van der Waals surface area contributed by atoms with Crippen LogP contribution in [0.1, 0.15) is 35.1 Å². The maximum Gasteiger partial charge on any atom is 0.137 e. The van der Waals surface area contributed by atoms with Crippen LogP contribution in [0, 0.1) is 18.3 Å². The van der Waals surface area contributed by atoms with E-state index >= 15 is 0 Å². The van der Waals surface area contributed by atoms with Gasteiger partial charge in [0.2, 0.25) is 0 Å². The van der Waals surface area contributed by atoms with Crippen LogP contribution in [0.5, 0.6) is 5.75 Å². The number of hydrogen-bond donors (Lipinski definition) is 3. The lowest BCUT2D eigenvalue weighted by atomic mass is 9.93. The van der Waals surface area contributed by atoms with Crippen molar-refractivity contribution in [3.05, 3.63) is 64.7 Å². The maximum absolute atomic E-state index is 9.39. The summed E-state index contributed by atoms with van der Waals surface area (Å²) >= 11 is 0. The van der Waals surface area contributed by atoms with Gasteiger partial charge in [0.25, 0.3) is 0 Å². The van der Waals surface area contributed by atoms with E-state index in [1.54, 1.807) is 12.1 Å². The summed E-state index contributed by atoms with van der Waals surface area (Å²) < 4.78 is 5.80. The molecule has 0 saturated carbocycles. The minimum Gasteiger partial charge on any atom is -0.492 e. The van der Waals surface area contributed by atoms with E-state index < -0.39 is 5.54 Å². The number of aliphatic hydroxyl groups excluding tert-OH is 2. The summed E-state index contributed by atoms with van der Waals surface area (Å²) in [6, 6.07) is 16.1. The Morgan fingerprint density at radius 3 is 2.48 bits per heavy atom. The van der Waals surface area contributed by atoms with Crippen molar-refractivity contribution in [2.24, 2.45) is 5.73 Å². The predicted octanol–water partition coefficient (Wildman–Crippen LogP) is 2.49. The molecule has 5 nitrogen and oxygen atoms in total. The molecule has 0 amide bonds. The highest BCUT2D eigenvalue weighted by Gasteiger charge is 2.22. The molecule has 0 fully saturated rings. The summed E-state index contributed by atoms with van der Waals surface area (Å²) in [5.74, 6) is 0.578. The van der Waals surface area contributed by atoms with Gasteiger partial charge in [0.15, 0.2) is 0 Å². The zero-order valence-electron chi connectivity index (χ0n) is 15.8. The van der Waals surface area contributed by atoms with Crippen LogP contribution >= 0.6 is 0 Å². The molecule has 0 unspecified atom stereocenters. The van der Waals surface area contributed by atoms with E-state index in [2.05, 4.69) is 37.3 Å². The van der Waals surface area contributed by atoms with Gasteiger partial charge in [0.1, 0.15) is 11.8 Å². The average molecular weight is 368 g/mol. The van der Waals surface area contributed by atoms with Crippen LogP contribution < -0.4 is 10.5 Å². The predicted molar refractivity (Wildman–Crippen MR) is 106 cm³/mol. The number of rotatable bonds is 10. The zero-order chi connectivity index (χ0) is 19.7. The quantitative estimate of drug-likeness (QED) is 0.560. The van der Waals surface area contributed by atoms with Crippen LogP contribution in [0.4, 0.5) is 0 Å². The Morgan fingerprint density at radius 2 is 1.81 bits per heavy atom. The fraction of sp³-hybridized carbons (Fsp3) is 0.409. The first kappa shape index (κ1) is 20.9. The molecule has 4 N–H and O–H groups in total. The van der Waals surface area contributed by atoms with Crippen LogP contribution in [0.3, 0.4) is 0 Å². The summed E-state index contributed by atoms with van der Waals surface area (Å²) in [4.78, 5) is 0. The van der Waals surface area contributed by atoms with E-state index in [9.17, 15) is 15.5 Å². The smallest absolute Gasteiger partial charge is 0.137 e. The Hall–Kier alpha value is -2.39. The van der Waals surface area contributed by atoms with Crippen molar-refractivity contribution in [2.45, 2.75) is 38.1 Å². The van der Waals surface area contributed by atoms with Crippen molar-refractivity contribution in [3.8, 4) is 11.8 Å². The number of benzene rings is 2. The Labute approximate surface area is 161 Å². The van der Waals surface area contributed by atoms with Gasteiger partial charge in [-0.3, -0.25) is 0 Å². The molecule has 0 aliphatic heterocycles. The molecule has 2 rings (SSSR count). The lowest BCUT2D eigenvalue weighted by Gasteiger charge is -2.24. The first-order valence-electron chi connectivity index (χ1n) is 9.21. The Morgan fingerprint density at radius 1 is 1.07 bits per heavy atom. The fourth-order valence-electron chi connectivity index (χ4n) is 2.87. The zero-order valence-corrected chi connectivity index (χ0v) is 15.8. The molecular weight excluding hydrogens is 340 g/mol. The summed E-state index contributed by atoms with van der Waals surface area (Å²) in [7, 11) is 0. The van der Waals surface area contributed by atoms with Gasteiger partial charge >= 0.3 is 0 Å². The van der Waals surface area contributed by atoms with Crippen LogP contribution in [0.15, 0.2) is 42.5 Å². The van der Waals surface area contributed by atoms with Crippen LogP contribution in [0.25, 0.3) is 0 Å². The van der Waals surface area contributed by atoms with Crippen LogP contribution in [0.2, 0.25) is 0 Å². The molecule has 0 radical (unpaired) electrons. The van der Waals surface area contributed by atoms with Gasteiger partial charge in [-0.1, -0.05) is 35.9 Å². The fourth-order valence-corrected chi connectivity index (χ4v) is 2.87. The lowest BCUT2D eigenvalue weighted by Crippen LogP contribution is -2.47. The molecule has 5 heteroatoms. The molecule has 0 saturated heterocycles. The molecule has 2 aromatic carbocycles. The molecule has 144 valence electrons. The molecular formula is C22H28N2O3. The molecule has 0 spiro atoms.